The second-order valence-electron chi connectivity index (χ2n) is 3.84. The fraction of sp³-hybridized carbons (Fsp3) is 0.0909. The van der Waals surface area contributed by atoms with Crippen LogP contribution in [0, 0.1) is 12.7 Å². The van der Waals surface area contributed by atoms with Crippen LogP contribution in [0.15, 0.2) is 28.7 Å². The number of anilines is 1. The Morgan fingerprint density at radius 1 is 1.50 bits per heavy atom. The number of carboxylic acids is 1. The second-order valence-corrected chi connectivity index (χ2v) is 6.81. The maximum absolute atomic E-state index is 13.4. The summed E-state index contributed by atoms with van der Waals surface area (Å²) in [6.07, 6.45) is 2.11. The van der Waals surface area contributed by atoms with E-state index < -0.39 is 21.8 Å². The Hall–Kier alpha value is -2.00. The molecule has 2 aromatic heterocycles. The molecule has 0 spiro atoms. The van der Waals surface area contributed by atoms with Gasteiger partial charge in [0.1, 0.15) is 9.09 Å². The van der Waals surface area contributed by atoms with Gasteiger partial charge in [-0.25, -0.2) is 17.6 Å². The minimum Gasteiger partial charge on any atom is -0.477 e. The lowest BCUT2D eigenvalue weighted by Crippen LogP contribution is -2.12. The second kappa shape index (κ2) is 5.17. The van der Waals surface area contributed by atoms with Crippen LogP contribution in [0.5, 0.6) is 0 Å². The Morgan fingerprint density at radius 2 is 2.20 bits per heavy atom. The molecule has 0 saturated heterocycles. The van der Waals surface area contributed by atoms with Crippen molar-refractivity contribution in [3.63, 3.8) is 0 Å². The van der Waals surface area contributed by atoms with Gasteiger partial charge in [-0.05, 0) is 24.6 Å². The lowest BCUT2D eigenvalue weighted by Gasteiger charge is -2.06. The van der Waals surface area contributed by atoms with Gasteiger partial charge in [0, 0.05) is 6.20 Å². The van der Waals surface area contributed by atoms with Crippen molar-refractivity contribution in [1.29, 1.82) is 0 Å². The molecule has 9 heteroatoms. The van der Waals surface area contributed by atoms with Gasteiger partial charge in [-0.3, -0.25) is 9.71 Å². The van der Waals surface area contributed by atoms with E-state index in [2.05, 4.69) is 9.71 Å². The molecule has 0 aliphatic heterocycles. The van der Waals surface area contributed by atoms with Crippen LogP contribution in [0.2, 0.25) is 0 Å². The normalized spacial score (nSPS) is 11.3. The van der Waals surface area contributed by atoms with Gasteiger partial charge in [-0.2, -0.15) is 0 Å². The molecule has 0 atom stereocenters. The zero-order chi connectivity index (χ0) is 14.9. The van der Waals surface area contributed by atoms with Crippen LogP contribution in [0.4, 0.5) is 10.1 Å². The van der Waals surface area contributed by atoms with Crippen LogP contribution in [0.3, 0.4) is 0 Å². The minimum absolute atomic E-state index is 0.0689. The number of nitrogens with zero attached hydrogens (tertiary/aromatic N) is 1. The van der Waals surface area contributed by atoms with Gasteiger partial charge in [0.2, 0.25) is 0 Å². The topological polar surface area (TPSA) is 96.4 Å². The molecule has 6 nitrogen and oxygen atoms in total. The zero-order valence-electron chi connectivity index (χ0n) is 10.1. The van der Waals surface area contributed by atoms with Gasteiger partial charge >= 0.3 is 5.97 Å². The van der Waals surface area contributed by atoms with Crippen molar-refractivity contribution in [3.05, 3.63) is 40.8 Å². The van der Waals surface area contributed by atoms with Crippen LogP contribution >= 0.6 is 11.3 Å². The molecule has 20 heavy (non-hydrogen) atoms. The van der Waals surface area contributed by atoms with E-state index in [1.807, 2.05) is 0 Å². The molecule has 2 aromatic rings. The van der Waals surface area contributed by atoms with Crippen molar-refractivity contribution in [2.45, 2.75) is 11.1 Å². The Kier molecular flexibility index (Phi) is 3.73. The number of hydrogen-bond donors (Lipinski definition) is 2. The van der Waals surface area contributed by atoms with Crippen LogP contribution in [-0.2, 0) is 10.0 Å². The first kappa shape index (κ1) is 14.4. The third-order valence-corrected chi connectivity index (χ3v) is 5.44. The van der Waals surface area contributed by atoms with Crippen molar-refractivity contribution in [2.24, 2.45) is 0 Å². The maximum atomic E-state index is 13.4. The smallest absolute Gasteiger partial charge is 0.346 e. The molecule has 2 N–H and O–H groups in total. The first-order chi connectivity index (χ1) is 9.31. The lowest BCUT2D eigenvalue weighted by atomic mass is 10.3. The molecule has 2 heterocycles. The molecule has 0 saturated carbocycles. The molecule has 106 valence electrons. The summed E-state index contributed by atoms with van der Waals surface area (Å²) in [5, 5.41) is 8.91. The predicted molar refractivity (Wildman–Crippen MR) is 71.0 cm³/mol. The number of rotatable bonds is 4. The zero-order valence-corrected chi connectivity index (χ0v) is 11.8. The summed E-state index contributed by atoms with van der Waals surface area (Å²) in [6.45, 7) is 1.49. The summed E-state index contributed by atoms with van der Waals surface area (Å²) in [4.78, 5) is 14.3. The van der Waals surface area contributed by atoms with Crippen molar-refractivity contribution in [3.8, 4) is 0 Å². The third kappa shape index (κ3) is 2.78. The van der Waals surface area contributed by atoms with Crippen LogP contribution < -0.4 is 4.72 Å². The van der Waals surface area contributed by atoms with E-state index in [1.54, 1.807) is 0 Å². The predicted octanol–water partition coefficient (Wildman–Crippen LogP) is 2.09. The van der Waals surface area contributed by atoms with Crippen molar-refractivity contribution >= 4 is 33.0 Å². The van der Waals surface area contributed by atoms with E-state index in [-0.39, 0.29) is 14.8 Å². The highest BCUT2D eigenvalue weighted by Gasteiger charge is 2.22. The summed E-state index contributed by atoms with van der Waals surface area (Å²) < 4.78 is 39.4. The van der Waals surface area contributed by atoms with Crippen LogP contribution in [-0.4, -0.2) is 24.5 Å². The molecule has 0 radical (unpaired) electrons. The molecule has 2 rings (SSSR count). The number of nitrogens with one attached hydrogen (secondary N) is 1. The number of carboxylic acid groups (broad SMARTS) is 1. The van der Waals surface area contributed by atoms with E-state index in [0.29, 0.717) is 16.9 Å². The van der Waals surface area contributed by atoms with Gasteiger partial charge in [-0.1, -0.05) is 0 Å². The molecule has 0 unspecified atom stereocenters. The standard InChI is InChI=1S/C11H9FN2O4S2/c1-6-4-9(19-10(6)11(15)16)20(17,18)14-8-2-3-13-5-7(8)12/h2-5H,1H3,(H,13,14)(H,15,16). The third-order valence-electron chi connectivity index (χ3n) is 2.37. The summed E-state index contributed by atoms with van der Waals surface area (Å²) in [5.74, 6) is -2.02. The van der Waals surface area contributed by atoms with Crippen molar-refractivity contribution in [1.82, 2.24) is 4.98 Å². The summed E-state index contributed by atoms with van der Waals surface area (Å²) >= 11 is 0.612. The first-order valence-electron chi connectivity index (χ1n) is 5.27. The molecular weight excluding hydrogens is 307 g/mol. The van der Waals surface area contributed by atoms with Crippen LogP contribution in [0.25, 0.3) is 0 Å². The average molecular weight is 316 g/mol. The Balaban J connectivity index is 2.39. The molecule has 0 aliphatic carbocycles. The van der Waals surface area contributed by atoms with Gasteiger partial charge in [0.15, 0.2) is 5.82 Å². The highest BCUT2D eigenvalue weighted by molar-refractivity contribution is 7.94. The first-order valence-corrected chi connectivity index (χ1v) is 7.57. The summed E-state index contributed by atoms with van der Waals surface area (Å²) in [7, 11) is -4.03. The van der Waals surface area contributed by atoms with Gasteiger partial charge in [-0.15, -0.1) is 11.3 Å². The van der Waals surface area contributed by atoms with E-state index in [0.717, 1.165) is 6.20 Å². The van der Waals surface area contributed by atoms with Crippen LogP contribution in [0.1, 0.15) is 15.2 Å². The fourth-order valence-corrected chi connectivity index (χ4v) is 3.90. The van der Waals surface area contributed by atoms with Crippen molar-refractivity contribution < 1.29 is 22.7 Å². The molecule has 0 amide bonds. The van der Waals surface area contributed by atoms with E-state index in [9.17, 15) is 17.6 Å². The molecule has 0 aliphatic rings. The number of pyridine rings is 1. The summed E-state index contributed by atoms with van der Waals surface area (Å²) in [5.41, 5.74) is 0.0843. The van der Waals surface area contributed by atoms with Gasteiger partial charge in [0.05, 0.1) is 11.9 Å². The van der Waals surface area contributed by atoms with Gasteiger partial charge < -0.3 is 5.11 Å². The van der Waals surface area contributed by atoms with Gasteiger partial charge in [0.25, 0.3) is 10.0 Å². The largest absolute Gasteiger partial charge is 0.477 e. The van der Waals surface area contributed by atoms with Crippen molar-refractivity contribution in [2.75, 3.05) is 4.72 Å². The highest BCUT2D eigenvalue weighted by Crippen LogP contribution is 2.28. The number of thiophene rings is 1. The average Bonchev–Trinajstić information content (AvgIpc) is 2.75. The maximum Gasteiger partial charge on any atom is 0.346 e. The van der Waals surface area contributed by atoms with E-state index in [4.69, 9.17) is 5.11 Å². The monoisotopic (exact) mass is 316 g/mol. The Labute approximate surface area is 118 Å². The fourth-order valence-electron chi connectivity index (χ4n) is 1.45. The molecule has 0 bridgehead atoms. The van der Waals surface area contributed by atoms with E-state index in [1.165, 1.54) is 25.3 Å². The number of carbonyl (C=O) groups is 1. The number of hydrogen-bond acceptors (Lipinski definition) is 5. The molecule has 0 fully saturated rings. The number of sulfonamides is 1. The summed E-state index contributed by atoms with van der Waals surface area (Å²) in [6, 6.07) is 2.40. The minimum atomic E-state index is -4.03. The SMILES string of the molecule is Cc1cc(S(=O)(=O)Nc2ccncc2F)sc1C(=O)O. The number of aromatic carboxylic acids is 1. The molecule has 0 aromatic carbocycles. The lowest BCUT2D eigenvalue weighted by molar-refractivity contribution is 0.0701. The Bertz CT molecular complexity index is 770. The molecular formula is C11H9FN2O4S2. The Morgan fingerprint density at radius 3 is 2.75 bits per heavy atom. The number of aryl methyl sites for hydroxylation is 1. The van der Waals surface area contributed by atoms with E-state index >= 15 is 0 Å². The number of aromatic nitrogens is 1. The highest BCUT2D eigenvalue weighted by atomic mass is 32.2. The number of halogens is 1. The quantitative estimate of drug-likeness (QED) is 0.900.